The first-order valence-corrected chi connectivity index (χ1v) is 6.95. The van der Waals surface area contributed by atoms with E-state index in [2.05, 4.69) is 10.5 Å². The summed E-state index contributed by atoms with van der Waals surface area (Å²) in [6.07, 6.45) is 5.07. The van der Waals surface area contributed by atoms with Crippen molar-refractivity contribution in [3.05, 3.63) is 59.5 Å². The van der Waals surface area contributed by atoms with Gasteiger partial charge in [-0.05, 0) is 43.3 Å². The number of nitrogens with zero attached hydrogens (tertiary/aromatic N) is 1. The predicted octanol–water partition coefficient (Wildman–Crippen LogP) is 3.52. The number of para-hydroxylation sites is 1. The Morgan fingerprint density at radius 3 is 2.91 bits per heavy atom. The van der Waals surface area contributed by atoms with Crippen LogP contribution >= 0.6 is 11.6 Å². The molecular formula is C16H15ClN2O3. The second-order valence-corrected chi connectivity index (χ2v) is 4.76. The van der Waals surface area contributed by atoms with Crippen LogP contribution in [0.5, 0.6) is 5.75 Å². The highest BCUT2D eigenvalue weighted by Crippen LogP contribution is 2.22. The molecule has 0 spiro atoms. The van der Waals surface area contributed by atoms with Crippen molar-refractivity contribution in [2.45, 2.75) is 6.92 Å². The molecule has 0 saturated heterocycles. The second kappa shape index (κ2) is 8.05. The summed E-state index contributed by atoms with van der Waals surface area (Å²) in [7, 11) is 0. The molecule has 0 atom stereocenters. The van der Waals surface area contributed by atoms with Gasteiger partial charge >= 0.3 is 0 Å². The Morgan fingerprint density at radius 2 is 2.18 bits per heavy atom. The molecule has 2 aromatic rings. The zero-order chi connectivity index (χ0) is 15.8. The number of rotatable bonds is 6. The van der Waals surface area contributed by atoms with Crippen molar-refractivity contribution in [3.8, 4) is 5.75 Å². The highest BCUT2D eigenvalue weighted by atomic mass is 35.5. The van der Waals surface area contributed by atoms with E-state index in [-0.39, 0.29) is 12.5 Å². The molecular weight excluding hydrogens is 304 g/mol. The molecule has 1 heterocycles. The van der Waals surface area contributed by atoms with Gasteiger partial charge in [-0.15, -0.1) is 0 Å². The fourth-order valence-electron chi connectivity index (χ4n) is 1.51. The quantitative estimate of drug-likeness (QED) is 0.654. The summed E-state index contributed by atoms with van der Waals surface area (Å²) >= 11 is 5.92. The molecule has 22 heavy (non-hydrogen) atoms. The van der Waals surface area contributed by atoms with Crippen LogP contribution in [0.4, 0.5) is 0 Å². The van der Waals surface area contributed by atoms with Gasteiger partial charge in [0.05, 0.1) is 17.0 Å². The van der Waals surface area contributed by atoms with E-state index in [1.165, 1.54) is 0 Å². The average molecular weight is 319 g/mol. The van der Waals surface area contributed by atoms with Gasteiger partial charge in [-0.1, -0.05) is 23.7 Å². The molecule has 0 aliphatic carbocycles. The molecule has 1 N–H and O–H groups in total. The van der Waals surface area contributed by atoms with Gasteiger partial charge in [-0.25, -0.2) is 5.43 Å². The summed E-state index contributed by atoms with van der Waals surface area (Å²) in [6.45, 7) is 1.59. The first-order chi connectivity index (χ1) is 10.6. The third kappa shape index (κ3) is 5.10. The molecule has 1 aromatic heterocycles. The topological polar surface area (TPSA) is 63.8 Å². The number of nitrogens with one attached hydrogen (secondary N) is 1. The number of halogens is 1. The number of hydrogen-bond donors (Lipinski definition) is 1. The predicted molar refractivity (Wildman–Crippen MR) is 85.9 cm³/mol. The van der Waals surface area contributed by atoms with Crippen molar-refractivity contribution in [2.75, 3.05) is 6.61 Å². The van der Waals surface area contributed by atoms with Gasteiger partial charge in [-0.3, -0.25) is 4.79 Å². The lowest BCUT2D eigenvalue weighted by Gasteiger charge is -2.06. The highest BCUT2D eigenvalue weighted by molar-refractivity contribution is 6.32. The Balaban J connectivity index is 1.79. The van der Waals surface area contributed by atoms with Crippen molar-refractivity contribution >= 4 is 29.3 Å². The van der Waals surface area contributed by atoms with Crippen LogP contribution in [0.2, 0.25) is 5.02 Å². The van der Waals surface area contributed by atoms with E-state index in [1.54, 1.807) is 55.7 Å². The van der Waals surface area contributed by atoms with Gasteiger partial charge in [0, 0.05) is 0 Å². The van der Waals surface area contributed by atoms with Crippen LogP contribution in [0.15, 0.2) is 58.3 Å². The molecule has 0 unspecified atom stereocenters. The molecule has 1 aromatic carbocycles. The molecule has 5 nitrogen and oxygen atoms in total. The van der Waals surface area contributed by atoms with Gasteiger partial charge in [0.2, 0.25) is 0 Å². The van der Waals surface area contributed by atoms with Crippen LogP contribution in [0, 0.1) is 0 Å². The molecule has 0 aliphatic rings. The normalized spacial score (nSPS) is 11.6. The van der Waals surface area contributed by atoms with Gasteiger partial charge in [0.1, 0.15) is 11.5 Å². The van der Waals surface area contributed by atoms with Crippen molar-refractivity contribution < 1.29 is 13.9 Å². The monoisotopic (exact) mass is 318 g/mol. The second-order valence-electron chi connectivity index (χ2n) is 4.36. The largest absolute Gasteiger partial charge is 0.482 e. The molecule has 0 bridgehead atoms. The summed E-state index contributed by atoms with van der Waals surface area (Å²) < 4.78 is 10.5. The standard InChI is InChI=1S/C16H15ClN2O3/c1-12(8-9-13-5-4-10-21-13)18-19-16(20)11-22-15-7-3-2-6-14(15)17/h2-10H,11H2,1H3,(H,19,20)/b9-8+,18-12-. The maximum atomic E-state index is 11.6. The molecule has 1 amide bonds. The molecule has 0 fully saturated rings. The van der Waals surface area contributed by atoms with Gasteiger partial charge in [0.25, 0.3) is 5.91 Å². The fourth-order valence-corrected chi connectivity index (χ4v) is 1.70. The van der Waals surface area contributed by atoms with Crippen molar-refractivity contribution in [1.29, 1.82) is 0 Å². The van der Waals surface area contributed by atoms with Gasteiger partial charge in [-0.2, -0.15) is 5.10 Å². The van der Waals surface area contributed by atoms with Gasteiger partial charge < -0.3 is 9.15 Å². The minimum Gasteiger partial charge on any atom is -0.482 e. The third-order valence-electron chi connectivity index (χ3n) is 2.58. The van der Waals surface area contributed by atoms with Crippen LogP contribution in [0.3, 0.4) is 0 Å². The van der Waals surface area contributed by atoms with E-state index < -0.39 is 0 Å². The summed E-state index contributed by atoms with van der Waals surface area (Å²) in [4.78, 5) is 11.6. The first-order valence-electron chi connectivity index (χ1n) is 6.57. The first kappa shape index (κ1) is 15.9. The smallest absolute Gasteiger partial charge is 0.277 e. The number of hydrogen-bond acceptors (Lipinski definition) is 4. The van der Waals surface area contributed by atoms with Crippen LogP contribution in [-0.2, 0) is 4.79 Å². The van der Waals surface area contributed by atoms with E-state index in [9.17, 15) is 4.79 Å². The molecule has 0 aliphatic heterocycles. The molecule has 114 valence electrons. The van der Waals surface area contributed by atoms with Crippen LogP contribution in [0.1, 0.15) is 12.7 Å². The van der Waals surface area contributed by atoms with Crippen molar-refractivity contribution in [2.24, 2.45) is 5.10 Å². The number of amides is 1. The van der Waals surface area contributed by atoms with E-state index in [0.29, 0.717) is 22.2 Å². The number of allylic oxidation sites excluding steroid dienone is 1. The molecule has 0 radical (unpaired) electrons. The summed E-state index contributed by atoms with van der Waals surface area (Å²) in [6, 6.07) is 10.6. The lowest BCUT2D eigenvalue weighted by molar-refractivity contribution is -0.123. The number of hydrazone groups is 1. The average Bonchev–Trinajstić information content (AvgIpc) is 3.03. The van der Waals surface area contributed by atoms with E-state index >= 15 is 0 Å². The Hall–Kier alpha value is -2.53. The SMILES string of the molecule is CC(/C=C/c1ccco1)=N/NC(=O)COc1ccccc1Cl. The Labute approximate surface area is 133 Å². The lowest BCUT2D eigenvalue weighted by Crippen LogP contribution is -2.25. The molecule has 2 rings (SSSR count). The fraction of sp³-hybridized carbons (Fsp3) is 0.125. The summed E-state index contributed by atoms with van der Waals surface area (Å²) in [5.74, 6) is 0.798. The van der Waals surface area contributed by atoms with Gasteiger partial charge in [0.15, 0.2) is 6.61 Å². The number of furan rings is 1. The zero-order valence-electron chi connectivity index (χ0n) is 12.0. The third-order valence-corrected chi connectivity index (χ3v) is 2.90. The highest BCUT2D eigenvalue weighted by Gasteiger charge is 2.04. The maximum absolute atomic E-state index is 11.6. The van der Waals surface area contributed by atoms with Crippen molar-refractivity contribution in [3.63, 3.8) is 0 Å². The van der Waals surface area contributed by atoms with E-state index in [0.717, 1.165) is 0 Å². The Kier molecular flexibility index (Phi) is 5.80. The van der Waals surface area contributed by atoms with Crippen LogP contribution in [0.25, 0.3) is 6.08 Å². The summed E-state index contributed by atoms with van der Waals surface area (Å²) in [5.41, 5.74) is 3.03. The number of ether oxygens (including phenoxy) is 1. The van der Waals surface area contributed by atoms with Crippen LogP contribution < -0.4 is 10.2 Å². The van der Waals surface area contributed by atoms with E-state index in [1.807, 2.05) is 6.07 Å². The maximum Gasteiger partial charge on any atom is 0.277 e. The van der Waals surface area contributed by atoms with Crippen molar-refractivity contribution in [1.82, 2.24) is 5.43 Å². The molecule has 0 saturated carbocycles. The minimum absolute atomic E-state index is 0.164. The summed E-state index contributed by atoms with van der Waals surface area (Å²) in [5, 5.41) is 4.39. The lowest BCUT2D eigenvalue weighted by atomic mass is 10.3. The van der Waals surface area contributed by atoms with E-state index in [4.69, 9.17) is 20.8 Å². The van der Waals surface area contributed by atoms with Crippen LogP contribution in [-0.4, -0.2) is 18.2 Å². The minimum atomic E-state index is -0.370. The Bertz CT molecular complexity index is 678. The number of carbonyl (C=O) groups is 1. The molecule has 6 heteroatoms. The number of benzene rings is 1. The number of carbonyl (C=O) groups excluding carboxylic acids is 1. The Morgan fingerprint density at radius 1 is 1.36 bits per heavy atom. The zero-order valence-corrected chi connectivity index (χ0v) is 12.7.